The minimum Gasteiger partial charge on any atom is -0.484 e. The molecule has 0 unspecified atom stereocenters. The molecular weight excluding hydrogens is 358 g/mol. The van der Waals surface area contributed by atoms with Crippen molar-refractivity contribution in [3.63, 3.8) is 0 Å². The molecule has 3 heterocycles. The molecule has 0 radical (unpaired) electrons. The highest BCUT2D eigenvalue weighted by atomic mass is 32.1. The molecule has 0 aliphatic carbocycles. The van der Waals surface area contributed by atoms with Crippen molar-refractivity contribution in [3.8, 4) is 22.1 Å². The van der Waals surface area contributed by atoms with Gasteiger partial charge in [-0.1, -0.05) is 0 Å². The number of benzene rings is 2. The summed E-state index contributed by atoms with van der Waals surface area (Å²) in [5, 5.41) is 0.926. The van der Waals surface area contributed by atoms with Gasteiger partial charge >= 0.3 is 0 Å². The van der Waals surface area contributed by atoms with Crippen molar-refractivity contribution in [1.82, 2.24) is 15.0 Å². The van der Waals surface area contributed by atoms with Gasteiger partial charge in [0.15, 0.2) is 11.5 Å². The molecule has 2 aromatic heterocycles. The highest BCUT2D eigenvalue weighted by Crippen LogP contribution is 2.45. The van der Waals surface area contributed by atoms with Gasteiger partial charge in [0, 0.05) is 11.8 Å². The Morgan fingerprint density at radius 1 is 1.07 bits per heavy atom. The maximum Gasteiger partial charge on any atom is 0.180 e. The minimum atomic E-state index is 0.0565. The van der Waals surface area contributed by atoms with E-state index >= 15 is 0 Å². The van der Waals surface area contributed by atoms with E-state index in [9.17, 15) is 0 Å². The first-order chi connectivity index (χ1) is 13.0. The Hall–Kier alpha value is -2.73. The fourth-order valence-electron chi connectivity index (χ4n) is 3.50. The number of hydrogen-bond donors (Lipinski definition) is 0. The second-order valence-electron chi connectivity index (χ2n) is 7.15. The number of ether oxygens (including phenoxy) is 2. The average Bonchev–Trinajstić information content (AvgIpc) is 3.06. The zero-order chi connectivity index (χ0) is 18.7. The molecule has 0 spiro atoms. The van der Waals surface area contributed by atoms with Crippen LogP contribution in [0.15, 0.2) is 24.4 Å². The fourth-order valence-corrected chi connectivity index (χ4v) is 4.65. The molecule has 5 nitrogen and oxygen atoms in total. The van der Waals surface area contributed by atoms with Gasteiger partial charge in [0.1, 0.15) is 22.4 Å². The first-order valence-corrected chi connectivity index (χ1v) is 9.79. The van der Waals surface area contributed by atoms with Crippen LogP contribution in [0.4, 0.5) is 0 Å². The topological polar surface area (TPSA) is 57.1 Å². The zero-order valence-corrected chi connectivity index (χ0v) is 16.5. The molecule has 27 heavy (non-hydrogen) atoms. The van der Waals surface area contributed by atoms with Crippen LogP contribution in [0.25, 0.3) is 31.8 Å². The van der Waals surface area contributed by atoms with Gasteiger partial charge in [-0.15, -0.1) is 11.3 Å². The van der Waals surface area contributed by atoms with Crippen molar-refractivity contribution >= 4 is 32.6 Å². The van der Waals surface area contributed by atoms with E-state index in [2.05, 4.69) is 35.9 Å². The van der Waals surface area contributed by atoms with Crippen LogP contribution >= 0.6 is 11.3 Å². The van der Waals surface area contributed by atoms with E-state index in [1.54, 1.807) is 17.5 Å². The average molecular weight is 377 g/mol. The molecule has 1 aliphatic heterocycles. The number of nitrogens with zero attached hydrogens (tertiary/aromatic N) is 3. The summed E-state index contributed by atoms with van der Waals surface area (Å²) in [6, 6.07) is 6.22. The second-order valence-corrected chi connectivity index (χ2v) is 8.15. The molecule has 0 fully saturated rings. The summed E-state index contributed by atoms with van der Waals surface area (Å²) in [5.41, 5.74) is 6.89. The Morgan fingerprint density at radius 2 is 1.93 bits per heavy atom. The highest BCUT2D eigenvalue weighted by Gasteiger charge is 2.24. The molecule has 0 saturated heterocycles. The van der Waals surface area contributed by atoms with Crippen LogP contribution in [0, 0.1) is 20.8 Å². The monoisotopic (exact) mass is 377 g/mol. The zero-order valence-electron chi connectivity index (χ0n) is 15.7. The molecule has 136 valence electrons. The van der Waals surface area contributed by atoms with Gasteiger partial charge in [-0.25, -0.2) is 9.97 Å². The lowest BCUT2D eigenvalue weighted by Gasteiger charge is -2.24. The van der Waals surface area contributed by atoms with Gasteiger partial charge in [-0.3, -0.25) is 4.98 Å². The van der Waals surface area contributed by atoms with E-state index in [1.165, 1.54) is 0 Å². The SMILES string of the molecule is Cc1cc(-c2nc3c(C)cc4c(c3s2)OC[C@@H](C)O4)c2ncc(C)nc2c1. The van der Waals surface area contributed by atoms with Crippen molar-refractivity contribution in [3.05, 3.63) is 41.2 Å². The summed E-state index contributed by atoms with van der Waals surface area (Å²) in [6.45, 7) is 8.66. The third-order valence-electron chi connectivity index (χ3n) is 4.71. The third kappa shape index (κ3) is 2.63. The van der Waals surface area contributed by atoms with Gasteiger partial charge in [0.2, 0.25) is 0 Å². The third-order valence-corrected chi connectivity index (χ3v) is 5.80. The molecule has 1 aliphatic rings. The summed E-state index contributed by atoms with van der Waals surface area (Å²) in [6.07, 6.45) is 1.86. The van der Waals surface area contributed by atoms with Crippen LogP contribution in [0.5, 0.6) is 11.5 Å². The largest absolute Gasteiger partial charge is 0.484 e. The van der Waals surface area contributed by atoms with Crippen LogP contribution < -0.4 is 9.47 Å². The highest BCUT2D eigenvalue weighted by molar-refractivity contribution is 7.22. The predicted octanol–water partition coefficient (Wildman–Crippen LogP) is 4.99. The van der Waals surface area contributed by atoms with Gasteiger partial charge in [-0.2, -0.15) is 0 Å². The quantitative estimate of drug-likeness (QED) is 0.468. The lowest BCUT2D eigenvalue weighted by molar-refractivity contribution is 0.106. The number of aromatic nitrogens is 3. The molecule has 0 amide bonds. The van der Waals surface area contributed by atoms with Crippen LogP contribution in [0.1, 0.15) is 23.7 Å². The Balaban J connectivity index is 1.78. The number of fused-ring (bicyclic) bond motifs is 4. The summed E-state index contributed by atoms with van der Waals surface area (Å²) >= 11 is 1.62. The lowest BCUT2D eigenvalue weighted by Crippen LogP contribution is -2.25. The van der Waals surface area contributed by atoms with Crippen LogP contribution in [0.2, 0.25) is 0 Å². The minimum absolute atomic E-state index is 0.0565. The first-order valence-electron chi connectivity index (χ1n) is 8.97. The van der Waals surface area contributed by atoms with Gasteiger partial charge in [-0.05, 0) is 57.0 Å². The fraction of sp³-hybridized carbons (Fsp3) is 0.286. The lowest BCUT2D eigenvalue weighted by atomic mass is 10.1. The Kier molecular flexibility index (Phi) is 3.59. The number of hydrogen-bond acceptors (Lipinski definition) is 6. The number of rotatable bonds is 1. The smallest absolute Gasteiger partial charge is 0.180 e. The van der Waals surface area contributed by atoms with Crippen molar-refractivity contribution in [2.45, 2.75) is 33.8 Å². The maximum absolute atomic E-state index is 6.00. The number of aryl methyl sites for hydroxylation is 3. The summed E-state index contributed by atoms with van der Waals surface area (Å²) in [4.78, 5) is 14.2. The molecule has 0 saturated carbocycles. The van der Waals surface area contributed by atoms with Crippen molar-refractivity contribution < 1.29 is 9.47 Å². The summed E-state index contributed by atoms with van der Waals surface area (Å²) < 4.78 is 13.0. The first kappa shape index (κ1) is 16.4. The van der Waals surface area contributed by atoms with E-state index in [4.69, 9.17) is 14.5 Å². The van der Waals surface area contributed by atoms with Gasteiger partial charge < -0.3 is 9.47 Å². The van der Waals surface area contributed by atoms with E-state index < -0.39 is 0 Å². The molecule has 2 aromatic carbocycles. The van der Waals surface area contributed by atoms with Crippen LogP contribution in [-0.4, -0.2) is 27.7 Å². The van der Waals surface area contributed by atoms with Crippen LogP contribution in [0.3, 0.4) is 0 Å². The molecule has 4 aromatic rings. The van der Waals surface area contributed by atoms with Crippen molar-refractivity contribution in [1.29, 1.82) is 0 Å². The van der Waals surface area contributed by atoms with Crippen molar-refractivity contribution in [2.24, 2.45) is 0 Å². The normalized spacial score (nSPS) is 16.2. The Labute approximate surface area is 161 Å². The van der Waals surface area contributed by atoms with E-state index in [0.29, 0.717) is 6.61 Å². The molecule has 0 bridgehead atoms. The van der Waals surface area contributed by atoms with E-state index in [-0.39, 0.29) is 6.10 Å². The maximum atomic E-state index is 6.00. The van der Waals surface area contributed by atoms with Crippen molar-refractivity contribution in [2.75, 3.05) is 6.61 Å². The van der Waals surface area contributed by atoms with Gasteiger partial charge in [0.25, 0.3) is 0 Å². The van der Waals surface area contributed by atoms with Gasteiger partial charge in [0.05, 0.1) is 22.2 Å². The predicted molar refractivity (Wildman–Crippen MR) is 108 cm³/mol. The van der Waals surface area contributed by atoms with E-state index in [0.717, 1.165) is 60.1 Å². The molecule has 5 rings (SSSR count). The Bertz CT molecular complexity index is 1210. The molecule has 0 N–H and O–H groups in total. The Morgan fingerprint density at radius 3 is 2.78 bits per heavy atom. The molecule has 6 heteroatoms. The van der Waals surface area contributed by atoms with Crippen LogP contribution in [-0.2, 0) is 0 Å². The number of thiazole rings is 1. The standard InChI is InChI=1S/C21H19N3O2S/c1-10-5-14(18-15(6-10)23-12(3)8-22-18)21-24-17-11(2)7-16-19(20(17)27-21)25-9-13(4)26-16/h5-8,13H,9H2,1-4H3/t13-/m1/s1. The molecular formula is C21H19N3O2S. The summed E-state index contributed by atoms with van der Waals surface area (Å²) in [5.74, 6) is 1.61. The summed E-state index contributed by atoms with van der Waals surface area (Å²) in [7, 11) is 0. The van der Waals surface area contributed by atoms with E-state index in [1.807, 2.05) is 19.9 Å². The molecule has 1 atom stereocenters. The second kappa shape index (κ2) is 5.89.